The molecule has 2 aromatic carbocycles. The Balaban J connectivity index is 1.94. The van der Waals surface area contributed by atoms with E-state index in [4.69, 9.17) is 4.74 Å². The van der Waals surface area contributed by atoms with Gasteiger partial charge in [-0.05, 0) is 38.5 Å². The van der Waals surface area contributed by atoms with Crippen molar-refractivity contribution >= 4 is 17.5 Å². The van der Waals surface area contributed by atoms with Crippen LogP contribution in [0.5, 0.6) is 5.75 Å². The third-order valence-corrected chi connectivity index (χ3v) is 3.28. The van der Waals surface area contributed by atoms with Crippen LogP contribution in [0.4, 0.5) is 5.69 Å². The molecule has 0 saturated heterocycles. The molecular weight excluding hydrogens is 304 g/mol. The van der Waals surface area contributed by atoms with Gasteiger partial charge in [-0.2, -0.15) is 0 Å². The third kappa shape index (κ3) is 5.12. The standard InChI is InChI=1S/C19H22N2O3/c1-13(2)24-17-7-5-4-6-16(17)21-19(23)18(22)20-12-15-10-8-14(3)9-11-15/h4-11,13H,12H2,1-3H3,(H,20,22)(H,21,23). The molecule has 0 atom stereocenters. The number of nitrogens with one attached hydrogen (secondary N) is 2. The third-order valence-electron chi connectivity index (χ3n) is 3.28. The highest BCUT2D eigenvalue weighted by Crippen LogP contribution is 2.24. The molecule has 0 bridgehead atoms. The van der Waals surface area contributed by atoms with Crippen LogP contribution in [0, 0.1) is 6.92 Å². The van der Waals surface area contributed by atoms with Crippen molar-refractivity contribution in [1.82, 2.24) is 5.32 Å². The first-order valence-electron chi connectivity index (χ1n) is 7.86. The van der Waals surface area contributed by atoms with E-state index in [0.29, 0.717) is 18.0 Å². The average molecular weight is 326 g/mol. The molecule has 5 heteroatoms. The number of amides is 2. The van der Waals surface area contributed by atoms with Gasteiger partial charge in [-0.3, -0.25) is 9.59 Å². The molecule has 0 aromatic heterocycles. The van der Waals surface area contributed by atoms with Crippen LogP contribution < -0.4 is 15.4 Å². The van der Waals surface area contributed by atoms with Gasteiger partial charge in [0.2, 0.25) is 0 Å². The van der Waals surface area contributed by atoms with Gasteiger partial charge >= 0.3 is 11.8 Å². The highest BCUT2D eigenvalue weighted by molar-refractivity contribution is 6.39. The molecule has 5 nitrogen and oxygen atoms in total. The van der Waals surface area contributed by atoms with E-state index in [1.165, 1.54) is 0 Å². The Morgan fingerprint density at radius 1 is 1.00 bits per heavy atom. The van der Waals surface area contributed by atoms with E-state index >= 15 is 0 Å². The summed E-state index contributed by atoms with van der Waals surface area (Å²) in [6, 6.07) is 14.8. The minimum atomic E-state index is -0.720. The Bertz CT molecular complexity index is 709. The summed E-state index contributed by atoms with van der Waals surface area (Å²) in [6.07, 6.45) is -0.0292. The Morgan fingerprint density at radius 2 is 1.67 bits per heavy atom. The molecule has 0 aliphatic heterocycles. The first kappa shape index (κ1) is 17.5. The first-order valence-corrected chi connectivity index (χ1v) is 7.86. The van der Waals surface area contributed by atoms with E-state index in [0.717, 1.165) is 11.1 Å². The lowest BCUT2D eigenvalue weighted by molar-refractivity contribution is -0.136. The van der Waals surface area contributed by atoms with Crippen LogP contribution in [0.15, 0.2) is 48.5 Å². The molecule has 2 N–H and O–H groups in total. The largest absolute Gasteiger partial charge is 0.489 e. The molecule has 0 aliphatic carbocycles. The number of para-hydroxylation sites is 2. The number of benzene rings is 2. The van der Waals surface area contributed by atoms with E-state index in [9.17, 15) is 9.59 Å². The summed E-state index contributed by atoms with van der Waals surface area (Å²) in [5.74, 6) is -0.871. The number of carbonyl (C=O) groups is 2. The molecule has 0 unspecified atom stereocenters. The minimum absolute atomic E-state index is 0.0292. The predicted molar refractivity (Wildman–Crippen MR) is 93.9 cm³/mol. The molecule has 0 saturated carbocycles. The summed E-state index contributed by atoms with van der Waals surface area (Å²) in [5, 5.41) is 5.19. The van der Waals surface area contributed by atoms with Crippen molar-refractivity contribution in [2.45, 2.75) is 33.4 Å². The van der Waals surface area contributed by atoms with Crippen molar-refractivity contribution in [3.8, 4) is 5.75 Å². The van der Waals surface area contributed by atoms with Crippen LogP contribution in [-0.4, -0.2) is 17.9 Å². The van der Waals surface area contributed by atoms with Gasteiger partial charge in [0.1, 0.15) is 5.75 Å². The summed E-state index contributed by atoms with van der Waals surface area (Å²) in [4.78, 5) is 24.0. The Kier molecular flexibility index (Phi) is 5.95. The molecule has 2 rings (SSSR count). The number of aryl methyl sites for hydroxylation is 1. The van der Waals surface area contributed by atoms with Crippen LogP contribution in [0.1, 0.15) is 25.0 Å². The lowest BCUT2D eigenvalue weighted by Crippen LogP contribution is -2.35. The topological polar surface area (TPSA) is 67.4 Å². The number of hydrogen-bond donors (Lipinski definition) is 2. The van der Waals surface area contributed by atoms with Gasteiger partial charge in [0.25, 0.3) is 0 Å². The van der Waals surface area contributed by atoms with Crippen molar-refractivity contribution in [3.05, 3.63) is 59.7 Å². The zero-order valence-electron chi connectivity index (χ0n) is 14.1. The Morgan fingerprint density at radius 3 is 2.33 bits per heavy atom. The van der Waals surface area contributed by atoms with Gasteiger partial charge in [0.15, 0.2) is 0 Å². The fourth-order valence-corrected chi connectivity index (χ4v) is 2.07. The van der Waals surface area contributed by atoms with E-state index < -0.39 is 11.8 Å². The highest BCUT2D eigenvalue weighted by atomic mass is 16.5. The maximum atomic E-state index is 12.0. The summed E-state index contributed by atoms with van der Waals surface area (Å²) in [5.41, 5.74) is 2.55. The number of anilines is 1. The van der Waals surface area contributed by atoms with Crippen molar-refractivity contribution in [2.24, 2.45) is 0 Å². The molecule has 0 spiro atoms. The van der Waals surface area contributed by atoms with Gasteiger partial charge in [0.05, 0.1) is 11.8 Å². The van der Waals surface area contributed by atoms with Crippen molar-refractivity contribution in [2.75, 3.05) is 5.32 Å². The molecule has 2 aromatic rings. The number of carbonyl (C=O) groups excluding carboxylic acids is 2. The molecule has 2 amide bonds. The Labute approximate surface area is 142 Å². The summed E-state index contributed by atoms with van der Waals surface area (Å²) in [6.45, 7) is 6.09. The van der Waals surface area contributed by atoms with Crippen LogP contribution in [0.25, 0.3) is 0 Å². The lowest BCUT2D eigenvalue weighted by atomic mass is 10.1. The zero-order chi connectivity index (χ0) is 17.5. The summed E-state index contributed by atoms with van der Waals surface area (Å²) in [7, 11) is 0. The van der Waals surface area contributed by atoms with Gasteiger partial charge in [-0.15, -0.1) is 0 Å². The van der Waals surface area contributed by atoms with Crippen LogP contribution in [-0.2, 0) is 16.1 Å². The van der Waals surface area contributed by atoms with Crippen LogP contribution in [0.2, 0.25) is 0 Å². The normalized spacial score (nSPS) is 10.3. The molecule has 0 heterocycles. The van der Waals surface area contributed by atoms with Crippen LogP contribution >= 0.6 is 0 Å². The smallest absolute Gasteiger partial charge is 0.313 e. The number of rotatable bonds is 5. The first-order chi connectivity index (χ1) is 11.5. The maximum absolute atomic E-state index is 12.0. The average Bonchev–Trinajstić information content (AvgIpc) is 2.55. The molecule has 24 heavy (non-hydrogen) atoms. The van der Waals surface area contributed by atoms with E-state index in [-0.39, 0.29) is 6.10 Å². The minimum Gasteiger partial charge on any atom is -0.489 e. The molecule has 0 radical (unpaired) electrons. The zero-order valence-corrected chi connectivity index (χ0v) is 14.1. The van der Waals surface area contributed by atoms with E-state index in [1.54, 1.807) is 18.2 Å². The van der Waals surface area contributed by atoms with E-state index in [2.05, 4.69) is 10.6 Å². The Hall–Kier alpha value is -2.82. The maximum Gasteiger partial charge on any atom is 0.313 e. The number of ether oxygens (including phenoxy) is 1. The monoisotopic (exact) mass is 326 g/mol. The van der Waals surface area contributed by atoms with E-state index in [1.807, 2.05) is 51.1 Å². The fraction of sp³-hybridized carbons (Fsp3) is 0.263. The van der Waals surface area contributed by atoms with Gasteiger partial charge in [-0.1, -0.05) is 42.0 Å². The second-order valence-corrected chi connectivity index (χ2v) is 5.79. The van der Waals surface area contributed by atoms with Gasteiger partial charge < -0.3 is 15.4 Å². The predicted octanol–water partition coefficient (Wildman–Crippen LogP) is 3.04. The fourth-order valence-electron chi connectivity index (χ4n) is 2.07. The summed E-state index contributed by atoms with van der Waals surface area (Å²) < 4.78 is 5.62. The molecule has 126 valence electrons. The highest BCUT2D eigenvalue weighted by Gasteiger charge is 2.15. The lowest BCUT2D eigenvalue weighted by Gasteiger charge is -2.14. The van der Waals surface area contributed by atoms with Crippen molar-refractivity contribution in [1.29, 1.82) is 0 Å². The van der Waals surface area contributed by atoms with Gasteiger partial charge in [0, 0.05) is 6.54 Å². The summed E-state index contributed by atoms with van der Waals surface area (Å²) >= 11 is 0. The second-order valence-electron chi connectivity index (χ2n) is 5.79. The second kappa shape index (κ2) is 8.15. The number of hydrogen-bond acceptors (Lipinski definition) is 3. The molecule has 0 fully saturated rings. The van der Waals surface area contributed by atoms with Crippen molar-refractivity contribution < 1.29 is 14.3 Å². The van der Waals surface area contributed by atoms with Crippen molar-refractivity contribution in [3.63, 3.8) is 0 Å². The SMILES string of the molecule is Cc1ccc(CNC(=O)C(=O)Nc2ccccc2OC(C)C)cc1. The van der Waals surface area contributed by atoms with Crippen LogP contribution in [0.3, 0.4) is 0 Å². The quantitative estimate of drug-likeness (QED) is 0.830. The molecule has 0 aliphatic rings. The van der Waals surface area contributed by atoms with Gasteiger partial charge in [-0.25, -0.2) is 0 Å². The molecular formula is C19H22N2O3.